The Bertz CT molecular complexity index is 886. The van der Waals surface area contributed by atoms with Gasteiger partial charge >= 0.3 is 0 Å². The third-order valence-corrected chi connectivity index (χ3v) is 4.89. The van der Waals surface area contributed by atoms with Crippen molar-refractivity contribution >= 4 is 22.4 Å². The van der Waals surface area contributed by atoms with Crippen molar-refractivity contribution in [3.8, 4) is 5.75 Å². The van der Waals surface area contributed by atoms with Crippen molar-refractivity contribution in [2.24, 2.45) is 0 Å². The Balaban J connectivity index is 1.47. The third kappa shape index (κ3) is 5.85. The number of carbonyl (C=O) groups excluding carboxylic acids is 1. The highest BCUT2D eigenvalue weighted by Gasteiger charge is 2.07. The number of anilines is 1. The van der Waals surface area contributed by atoms with E-state index in [1.54, 1.807) is 0 Å². The van der Waals surface area contributed by atoms with Crippen LogP contribution in [0.25, 0.3) is 10.8 Å². The second-order valence-corrected chi connectivity index (χ2v) is 7.16. The molecule has 3 rings (SSSR count). The predicted octanol–water partition coefficient (Wildman–Crippen LogP) is 6.83. The first-order valence-electron chi connectivity index (χ1n) is 10.3. The summed E-state index contributed by atoms with van der Waals surface area (Å²) in [5.74, 6) is 0.702. The van der Waals surface area contributed by atoms with Crippen LogP contribution in [0.15, 0.2) is 66.7 Å². The minimum atomic E-state index is -0.113. The Morgan fingerprint density at radius 3 is 2.32 bits per heavy atom. The lowest BCUT2D eigenvalue weighted by Crippen LogP contribution is -2.11. The number of nitrogens with one attached hydrogen (secondary N) is 1. The maximum atomic E-state index is 12.5. The monoisotopic (exact) mass is 375 g/mol. The van der Waals surface area contributed by atoms with Crippen molar-refractivity contribution < 1.29 is 9.53 Å². The van der Waals surface area contributed by atoms with Crippen LogP contribution in [0.2, 0.25) is 0 Å². The first kappa shape index (κ1) is 19.9. The zero-order valence-corrected chi connectivity index (χ0v) is 16.6. The molecule has 0 atom stereocenters. The van der Waals surface area contributed by atoms with Crippen molar-refractivity contribution in [2.45, 2.75) is 45.4 Å². The van der Waals surface area contributed by atoms with Gasteiger partial charge in [-0.15, -0.1) is 0 Å². The number of amides is 1. The van der Waals surface area contributed by atoms with E-state index in [4.69, 9.17) is 4.74 Å². The minimum absolute atomic E-state index is 0.113. The Labute approximate surface area is 167 Å². The van der Waals surface area contributed by atoms with Gasteiger partial charge in [0.2, 0.25) is 0 Å². The molecule has 0 radical (unpaired) electrons. The lowest BCUT2D eigenvalue weighted by atomic mass is 10.1. The van der Waals surface area contributed by atoms with E-state index in [0.29, 0.717) is 5.56 Å². The molecule has 0 saturated carbocycles. The highest BCUT2D eigenvalue weighted by molar-refractivity contribution is 6.05. The van der Waals surface area contributed by atoms with E-state index in [-0.39, 0.29) is 5.91 Å². The molecule has 3 heteroatoms. The summed E-state index contributed by atoms with van der Waals surface area (Å²) in [6.45, 7) is 2.96. The van der Waals surface area contributed by atoms with Gasteiger partial charge in [0.1, 0.15) is 5.75 Å². The molecule has 3 nitrogen and oxygen atoms in total. The smallest absolute Gasteiger partial charge is 0.255 e. The van der Waals surface area contributed by atoms with E-state index >= 15 is 0 Å². The quantitative estimate of drug-likeness (QED) is 0.394. The van der Waals surface area contributed by atoms with Crippen LogP contribution in [0.5, 0.6) is 5.75 Å². The molecule has 0 aliphatic heterocycles. The van der Waals surface area contributed by atoms with Crippen LogP contribution in [-0.4, -0.2) is 12.5 Å². The number of rotatable bonds is 10. The molecule has 0 aromatic heterocycles. The molecule has 0 aliphatic rings. The summed E-state index contributed by atoms with van der Waals surface area (Å²) in [7, 11) is 0. The van der Waals surface area contributed by atoms with Crippen LogP contribution in [0.3, 0.4) is 0 Å². The third-order valence-electron chi connectivity index (χ3n) is 4.89. The van der Waals surface area contributed by atoms with E-state index in [1.165, 1.54) is 32.1 Å². The number of benzene rings is 3. The average molecular weight is 376 g/mol. The number of carbonyl (C=O) groups is 1. The normalized spacial score (nSPS) is 10.8. The van der Waals surface area contributed by atoms with Gasteiger partial charge in [-0.25, -0.2) is 0 Å². The summed E-state index contributed by atoms with van der Waals surface area (Å²) in [6, 6.07) is 21.4. The van der Waals surface area contributed by atoms with Gasteiger partial charge in [0.15, 0.2) is 0 Å². The van der Waals surface area contributed by atoms with Crippen LogP contribution >= 0.6 is 0 Å². The molecule has 0 saturated heterocycles. The minimum Gasteiger partial charge on any atom is -0.494 e. The Kier molecular flexibility index (Phi) is 7.48. The summed E-state index contributed by atoms with van der Waals surface area (Å²) in [4.78, 5) is 12.5. The molecule has 3 aromatic rings. The van der Waals surface area contributed by atoms with Crippen LogP contribution in [0.1, 0.15) is 55.8 Å². The first-order valence-corrected chi connectivity index (χ1v) is 10.3. The van der Waals surface area contributed by atoms with Gasteiger partial charge in [0, 0.05) is 11.3 Å². The topological polar surface area (TPSA) is 38.3 Å². The van der Waals surface area contributed by atoms with Gasteiger partial charge in [-0.3, -0.25) is 4.79 Å². The first-order chi connectivity index (χ1) is 13.8. The summed E-state index contributed by atoms with van der Waals surface area (Å²) in [5, 5.41) is 5.24. The van der Waals surface area contributed by atoms with E-state index in [2.05, 4.69) is 18.3 Å². The molecule has 1 N–H and O–H groups in total. The van der Waals surface area contributed by atoms with Gasteiger partial charge in [0.05, 0.1) is 6.61 Å². The summed E-state index contributed by atoms with van der Waals surface area (Å²) in [5.41, 5.74) is 1.42. The van der Waals surface area contributed by atoms with E-state index in [1.807, 2.05) is 60.7 Å². The number of hydrogen-bond acceptors (Lipinski definition) is 2. The van der Waals surface area contributed by atoms with Crippen molar-refractivity contribution in [2.75, 3.05) is 11.9 Å². The van der Waals surface area contributed by atoms with Crippen molar-refractivity contribution in [1.29, 1.82) is 0 Å². The molecule has 0 fully saturated rings. The molecule has 28 heavy (non-hydrogen) atoms. The standard InChI is InChI=1S/C25H29NO2/c1-2-3-4-5-6-9-18-28-24-16-13-21(14-17-24)25(27)26-23-15-12-20-10-7-8-11-22(20)19-23/h7-8,10-17,19H,2-6,9,18H2,1H3,(H,26,27). The second kappa shape index (κ2) is 10.5. The highest BCUT2D eigenvalue weighted by Crippen LogP contribution is 2.20. The van der Waals surface area contributed by atoms with E-state index < -0.39 is 0 Å². The maximum Gasteiger partial charge on any atom is 0.255 e. The predicted molar refractivity (Wildman–Crippen MR) is 117 cm³/mol. The lowest BCUT2D eigenvalue weighted by molar-refractivity contribution is 0.102. The van der Waals surface area contributed by atoms with Gasteiger partial charge in [-0.1, -0.05) is 69.4 Å². The van der Waals surface area contributed by atoms with Crippen LogP contribution < -0.4 is 10.1 Å². The zero-order chi connectivity index (χ0) is 19.6. The zero-order valence-electron chi connectivity index (χ0n) is 16.6. The van der Waals surface area contributed by atoms with E-state index in [9.17, 15) is 4.79 Å². The van der Waals surface area contributed by atoms with Gasteiger partial charge in [-0.2, -0.15) is 0 Å². The fourth-order valence-electron chi connectivity index (χ4n) is 3.25. The summed E-state index contributed by atoms with van der Waals surface area (Å²) >= 11 is 0. The number of hydrogen-bond donors (Lipinski definition) is 1. The fraction of sp³-hybridized carbons (Fsp3) is 0.320. The van der Waals surface area contributed by atoms with Crippen molar-refractivity contribution in [3.05, 3.63) is 72.3 Å². The molecular weight excluding hydrogens is 346 g/mol. The van der Waals surface area contributed by atoms with Crippen LogP contribution in [0.4, 0.5) is 5.69 Å². The molecule has 0 spiro atoms. The lowest BCUT2D eigenvalue weighted by Gasteiger charge is -2.09. The molecule has 3 aromatic carbocycles. The SMILES string of the molecule is CCCCCCCCOc1ccc(C(=O)Nc2ccc3ccccc3c2)cc1. The molecule has 0 aliphatic carbocycles. The molecule has 1 amide bonds. The molecule has 0 unspecified atom stereocenters. The second-order valence-electron chi connectivity index (χ2n) is 7.16. The number of unbranched alkanes of at least 4 members (excludes halogenated alkanes) is 5. The Morgan fingerprint density at radius 1 is 0.821 bits per heavy atom. The highest BCUT2D eigenvalue weighted by atomic mass is 16.5. The van der Waals surface area contributed by atoms with Crippen molar-refractivity contribution in [1.82, 2.24) is 0 Å². The largest absolute Gasteiger partial charge is 0.494 e. The molecule has 0 bridgehead atoms. The molecule has 0 heterocycles. The number of fused-ring (bicyclic) bond motifs is 1. The van der Waals surface area contributed by atoms with Gasteiger partial charge in [-0.05, 0) is 53.6 Å². The average Bonchev–Trinajstić information content (AvgIpc) is 2.73. The Hall–Kier alpha value is -2.81. The maximum absolute atomic E-state index is 12.5. The van der Waals surface area contributed by atoms with E-state index in [0.717, 1.165) is 35.2 Å². The van der Waals surface area contributed by atoms with Crippen LogP contribution in [-0.2, 0) is 0 Å². The Morgan fingerprint density at radius 2 is 1.54 bits per heavy atom. The molecular formula is C25H29NO2. The van der Waals surface area contributed by atoms with Crippen LogP contribution in [0, 0.1) is 0 Å². The molecule has 146 valence electrons. The summed E-state index contributed by atoms with van der Waals surface area (Å²) < 4.78 is 5.78. The van der Waals surface area contributed by atoms with Crippen molar-refractivity contribution in [3.63, 3.8) is 0 Å². The van der Waals surface area contributed by atoms with Gasteiger partial charge in [0.25, 0.3) is 5.91 Å². The number of ether oxygens (including phenoxy) is 1. The van der Waals surface area contributed by atoms with Gasteiger partial charge < -0.3 is 10.1 Å². The summed E-state index contributed by atoms with van der Waals surface area (Å²) in [6.07, 6.45) is 7.49. The fourth-order valence-corrected chi connectivity index (χ4v) is 3.25.